The molecule has 0 bridgehead atoms. The Kier molecular flexibility index (Phi) is 5.73. The second-order valence-electron chi connectivity index (χ2n) is 4.55. The number of nitrogens with zero attached hydrogens (tertiary/aromatic N) is 1. The van der Waals surface area contributed by atoms with Crippen LogP contribution in [0.2, 0.25) is 0 Å². The number of rotatable bonds is 5. The van der Waals surface area contributed by atoms with E-state index >= 15 is 0 Å². The summed E-state index contributed by atoms with van der Waals surface area (Å²) in [5, 5.41) is 0. The zero-order valence-electron chi connectivity index (χ0n) is 12.1. The molecule has 0 saturated heterocycles. The molecule has 6 heteroatoms. The van der Waals surface area contributed by atoms with E-state index in [0.29, 0.717) is 16.7 Å². The smallest absolute Gasteiger partial charge is 0.410 e. The molecule has 0 N–H and O–H groups in total. The first-order valence-electron chi connectivity index (χ1n) is 6.69. The fourth-order valence-corrected chi connectivity index (χ4v) is 2.56. The van der Waals surface area contributed by atoms with E-state index < -0.39 is 11.8 Å². The predicted molar refractivity (Wildman–Crippen MR) is 91.1 cm³/mol. The van der Waals surface area contributed by atoms with Crippen molar-refractivity contribution in [3.8, 4) is 5.75 Å². The molecule has 0 heterocycles. The third-order valence-corrected chi connectivity index (χ3v) is 3.68. The molecule has 116 valence electrons. The molecule has 1 aliphatic rings. The van der Waals surface area contributed by atoms with Crippen LogP contribution in [-0.2, 0) is 9.53 Å². The number of carbonyl (C=O) groups is 2. The van der Waals surface area contributed by atoms with Gasteiger partial charge in [0.05, 0.1) is 0 Å². The van der Waals surface area contributed by atoms with Gasteiger partial charge in [0.25, 0.3) is 0 Å². The molecule has 1 aliphatic carbocycles. The number of ketones is 1. The Morgan fingerprint density at radius 3 is 2.41 bits per heavy atom. The fraction of sp³-hybridized carbons (Fsp3) is 0.250. The molecular formula is C16H16INO4. The average molecular weight is 413 g/mol. The highest BCUT2D eigenvalue weighted by Gasteiger charge is 2.38. The van der Waals surface area contributed by atoms with E-state index in [1.807, 2.05) is 6.07 Å². The van der Waals surface area contributed by atoms with E-state index in [4.69, 9.17) is 9.47 Å². The number of amides is 1. The third kappa shape index (κ3) is 3.75. The van der Waals surface area contributed by atoms with Crippen molar-refractivity contribution in [2.75, 3.05) is 18.1 Å². The number of benzene rings is 1. The Balaban J connectivity index is 2.25. The highest BCUT2D eigenvalue weighted by molar-refractivity contribution is 14.1. The Morgan fingerprint density at radius 1 is 1.23 bits per heavy atom. The van der Waals surface area contributed by atoms with Gasteiger partial charge in [0.15, 0.2) is 11.5 Å². The maximum absolute atomic E-state index is 12.5. The molecule has 0 saturated carbocycles. The van der Waals surface area contributed by atoms with Crippen molar-refractivity contribution in [3.05, 3.63) is 54.6 Å². The lowest BCUT2D eigenvalue weighted by atomic mass is 10.0. The number of para-hydroxylation sites is 1. The van der Waals surface area contributed by atoms with Crippen LogP contribution in [0.1, 0.15) is 0 Å². The molecule has 0 aromatic heterocycles. The maximum Gasteiger partial charge on any atom is 0.418 e. The molecule has 0 unspecified atom stereocenters. The summed E-state index contributed by atoms with van der Waals surface area (Å²) in [6.07, 6.45) is 5.37. The van der Waals surface area contributed by atoms with Crippen molar-refractivity contribution in [2.45, 2.75) is 5.72 Å². The Morgan fingerprint density at radius 2 is 1.86 bits per heavy atom. The standard InChI is InChI=1S/C16H16INO4/c1-21-16(9-7-13(19)8-10-16)18(12-11-17)15(20)22-14-5-3-2-4-6-14/h2-10H,11-12H2,1H3. The van der Waals surface area contributed by atoms with Crippen LogP contribution in [-0.4, -0.2) is 40.6 Å². The second kappa shape index (κ2) is 7.55. The first-order chi connectivity index (χ1) is 10.6. The molecule has 5 nitrogen and oxygen atoms in total. The van der Waals surface area contributed by atoms with E-state index in [0.717, 1.165) is 0 Å². The summed E-state index contributed by atoms with van der Waals surface area (Å²) in [4.78, 5) is 25.3. The van der Waals surface area contributed by atoms with Gasteiger partial charge in [0.2, 0.25) is 0 Å². The molecule has 2 rings (SSSR count). The molecule has 0 radical (unpaired) electrons. The summed E-state index contributed by atoms with van der Waals surface area (Å²) in [6, 6.07) is 8.83. The van der Waals surface area contributed by atoms with E-state index in [1.165, 1.54) is 24.2 Å². The average Bonchev–Trinajstić information content (AvgIpc) is 2.55. The van der Waals surface area contributed by atoms with Gasteiger partial charge >= 0.3 is 6.09 Å². The molecule has 22 heavy (non-hydrogen) atoms. The van der Waals surface area contributed by atoms with Gasteiger partial charge in [-0.25, -0.2) is 4.79 Å². The summed E-state index contributed by atoms with van der Waals surface area (Å²) < 4.78 is 11.6. The van der Waals surface area contributed by atoms with Gasteiger partial charge in [0.1, 0.15) is 5.75 Å². The lowest BCUT2D eigenvalue weighted by Gasteiger charge is -2.38. The first-order valence-corrected chi connectivity index (χ1v) is 8.22. The van der Waals surface area contributed by atoms with Crippen LogP contribution in [0.3, 0.4) is 0 Å². The number of ether oxygens (including phenoxy) is 2. The van der Waals surface area contributed by atoms with Gasteiger partial charge in [-0.3, -0.25) is 9.69 Å². The van der Waals surface area contributed by atoms with E-state index in [1.54, 1.807) is 36.4 Å². The van der Waals surface area contributed by atoms with E-state index in [9.17, 15) is 9.59 Å². The van der Waals surface area contributed by atoms with Crippen LogP contribution in [0.25, 0.3) is 0 Å². The van der Waals surface area contributed by atoms with Gasteiger partial charge in [-0.1, -0.05) is 40.8 Å². The topological polar surface area (TPSA) is 55.8 Å². The number of methoxy groups -OCH3 is 1. The largest absolute Gasteiger partial charge is 0.418 e. The lowest BCUT2D eigenvalue weighted by molar-refractivity contribution is -0.111. The van der Waals surface area contributed by atoms with Crippen molar-refractivity contribution in [1.82, 2.24) is 4.90 Å². The van der Waals surface area contributed by atoms with Crippen LogP contribution in [0.15, 0.2) is 54.6 Å². The van der Waals surface area contributed by atoms with E-state index in [-0.39, 0.29) is 5.78 Å². The zero-order valence-corrected chi connectivity index (χ0v) is 14.2. The number of allylic oxidation sites excluding steroid dienone is 2. The van der Waals surface area contributed by atoms with Gasteiger partial charge in [-0.2, -0.15) is 0 Å². The molecule has 0 atom stereocenters. The van der Waals surface area contributed by atoms with Crippen molar-refractivity contribution in [3.63, 3.8) is 0 Å². The molecule has 1 amide bonds. The normalized spacial score (nSPS) is 15.6. The van der Waals surface area contributed by atoms with Crippen LogP contribution in [0, 0.1) is 0 Å². The van der Waals surface area contributed by atoms with E-state index in [2.05, 4.69) is 22.6 Å². The minimum atomic E-state index is -1.11. The van der Waals surface area contributed by atoms with Crippen molar-refractivity contribution < 1.29 is 19.1 Å². The predicted octanol–water partition coefficient (Wildman–Crippen LogP) is 2.96. The molecule has 1 aromatic rings. The summed E-state index contributed by atoms with van der Waals surface area (Å²) in [5.74, 6) is 0.315. The number of alkyl halides is 1. The van der Waals surface area contributed by atoms with Crippen molar-refractivity contribution in [1.29, 1.82) is 0 Å². The van der Waals surface area contributed by atoms with Crippen molar-refractivity contribution >= 4 is 34.5 Å². The summed E-state index contributed by atoms with van der Waals surface area (Å²) >= 11 is 2.17. The Bertz CT molecular complexity index is 581. The van der Waals surface area contributed by atoms with Gasteiger partial charge < -0.3 is 9.47 Å². The Hall–Kier alpha value is -1.67. The maximum atomic E-state index is 12.5. The van der Waals surface area contributed by atoms with Crippen LogP contribution in [0.5, 0.6) is 5.75 Å². The fourth-order valence-electron chi connectivity index (χ4n) is 2.08. The SMILES string of the molecule is COC1(N(CCI)C(=O)Oc2ccccc2)C=CC(=O)C=C1. The molecule has 0 spiro atoms. The minimum absolute atomic E-state index is 0.140. The van der Waals surface area contributed by atoms with Gasteiger partial charge in [0, 0.05) is 18.1 Å². The summed E-state index contributed by atoms with van der Waals surface area (Å²) in [7, 11) is 1.49. The van der Waals surface area contributed by atoms with Crippen molar-refractivity contribution in [2.24, 2.45) is 0 Å². The second-order valence-corrected chi connectivity index (χ2v) is 5.63. The Labute approximate surface area is 142 Å². The summed E-state index contributed by atoms with van der Waals surface area (Å²) in [6.45, 7) is 0.420. The van der Waals surface area contributed by atoms with Gasteiger partial charge in [-0.05, 0) is 36.4 Å². The monoisotopic (exact) mass is 413 g/mol. The minimum Gasteiger partial charge on any atom is -0.410 e. The van der Waals surface area contributed by atoms with Crippen LogP contribution >= 0.6 is 22.6 Å². The highest BCUT2D eigenvalue weighted by atomic mass is 127. The molecular weight excluding hydrogens is 397 g/mol. The summed E-state index contributed by atoms with van der Waals surface area (Å²) in [5.41, 5.74) is -1.11. The number of halogens is 1. The number of hydrogen-bond acceptors (Lipinski definition) is 4. The highest BCUT2D eigenvalue weighted by Crippen LogP contribution is 2.25. The number of hydrogen-bond donors (Lipinski definition) is 0. The molecule has 0 fully saturated rings. The van der Waals surface area contributed by atoms with Crippen LogP contribution in [0.4, 0.5) is 4.79 Å². The lowest BCUT2D eigenvalue weighted by Crippen LogP contribution is -2.53. The zero-order chi connectivity index (χ0) is 16.0. The molecule has 1 aromatic carbocycles. The number of carbonyl (C=O) groups excluding carboxylic acids is 2. The third-order valence-electron chi connectivity index (χ3n) is 3.20. The first kappa shape index (κ1) is 16.7. The van der Waals surface area contributed by atoms with Crippen LogP contribution < -0.4 is 4.74 Å². The molecule has 0 aliphatic heterocycles. The quantitative estimate of drug-likeness (QED) is 0.423. The van der Waals surface area contributed by atoms with Gasteiger partial charge in [-0.15, -0.1) is 0 Å².